The fourth-order valence-electron chi connectivity index (χ4n) is 4.06. The van der Waals surface area contributed by atoms with Gasteiger partial charge in [0.15, 0.2) is 0 Å². The zero-order valence-electron chi connectivity index (χ0n) is 16.3. The van der Waals surface area contributed by atoms with E-state index in [1.807, 2.05) is 12.2 Å². The molecule has 1 aliphatic heterocycles. The van der Waals surface area contributed by atoms with Crippen LogP contribution in [-0.4, -0.2) is 35.7 Å². The quantitative estimate of drug-likeness (QED) is 0.443. The molecule has 2 aromatic carbocycles. The number of ether oxygens (including phenoxy) is 2. The molecule has 0 saturated carbocycles. The van der Waals surface area contributed by atoms with Crippen molar-refractivity contribution in [2.75, 3.05) is 11.9 Å². The lowest BCUT2D eigenvalue weighted by Crippen LogP contribution is -2.41. The Morgan fingerprint density at radius 1 is 1.13 bits per heavy atom. The average Bonchev–Trinajstić information content (AvgIpc) is 3.23. The first-order valence-electron chi connectivity index (χ1n) is 9.78. The second-order valence-electron chi connectivity index (χ2n) is 7.22. The number of benzene rings is 2. The number of hydrogen-bond acceptors (Lipinski definition) is 6. The van der Waals surface area contributed by atoms with Crippen LogP contribution in [0.1, 0.15) is 45.5 Å². The normalized spacial score (nSPS) is 21.2. The van der Waals surface area contributed by atoms with Crippen molar-refractivity contribution in [3.63, 3.8) is 0 Å². The minimum absolute atomic E-state index is 0.0816. The van der Waals surface area contributed by atoms with E-state index in [2.05, 4.69) is 5.32 Å². The molecule has 0 spiro atoms. The Labute approximate surface area is 173 Å². The lowest BCUT2D eigenvalue weighted by Gasteiger charge is -2.34. The van der Waals surface area contributed by atoms with Crippen molar-refractivity contribution in [3.8, 4) is 5.75 Å². The lowest BCUT2D eigenvalue weighted by atomic mass is 9.79. The third-order valence-electron chi connectivity index (χ3n) is 5.45. The predicted molar refractivity (Wildman–Crippen MR) is 109 cm³/mol. The van der Waals surface area contributed by atoms with Gasteiger partial charge in [0.1, 0.15) is 17.4 Å². The Bertz CT molecular complexity index is 1040. The van der Waals surface area contributed by atoms with E-state index in [9.17, 15) is 19.5 Å². The van der Waals surface area contributed by atoms with Gasteiger partial charge < -0.3 is 19.9 Å². The van der Waals surface area contributed by atoms with Crippen LogP contribution < -0.4 is 10.1 Å². The molecule has 0 aromatic heterocycles. The number of aliphatic carboxylic acids is 1. The number of carboxylic acid groups (broad SMARTS) is 1. The zero-order chi connectivity index (χ0) is 21.3. The number of carbonyl (C=O) groups is 3. The predicted octanol–water partition coefficient (Wildman–Crippen LogP) is 3.62. The van der Waals surface area contributed by atoms with E-state index in [1.54, 1.807) is 37.3 Å². The fraction of sp³-hybridized carbons (Fsp3) is 0.261. The standard InChI is InChI=1S/C23H21NO6/c1-2-29-23(28)16-6-3-4-9-19(16)30-22(27)13-10-11-18-17(12-13)14-7-5-8-15(14)20(24-18)21(25)26/h3-7,9-12,14-15,20,24H,2,8H2,1H3,(H,25,26)/t14-,15-,20+/m0/s1. The summed E-state index contributed by atoms with van der Waals surface area (Å²) < 4.78 is 10.5. The summed E-state index contributed by atoms with van der Waals surface area (Å²) in [5.74, 6) is -2.12. The number of carboxylic acids is 1. The number of allylic oxidation sites excluding steroid dienone is 2. The third kappa shape index (κ3) is 3.54. The Balaban J connectivity index is 1.61. The summed E-state index contributed by atoms with van der Waals surface area (Å²) in [6, 6.07) is 10.7. The fourth-order valence-corrected chi connectivity index (χ4v) is 4.06. The van der Waals surface area contributed by atoms with Gasteiger partial charge in [-0.2, -0.15) is 0 Å². The average molecular weight is 407 g/mol. The summed E-state index contributed by atoms with van der Waals surface area (Å²) in [4.78, 5) is 36.5. The van der Waals surface area contributed by atoms with E-state index < -0.39 is 23.9 Å². The first-order valence-corrected chi connectivity index (χ1v) is 9.78. The molecule has 7 nitrogen and oxygen atoms in total. The van der Waals surface area contributed by atoms with Gasteiger partial charge >= 0.3 is 17.9 Å². The molecule has 3 atom stereocenters. The van der Waals surface area contributed by atoms with Gasteiger partial charge in [-0.1, -0.05) is 24.3 Å². The van der Waals surface area contributed by atoms with E-state index in [0.29, 0.717) is 17.7 Å². The summed E-state index contributed by atoms with van der Waals surface area (Å²) in [6.45, 7) is 1.92. The molecule has 0 fully saturated rings. The van der Waals surface area contributed by atoms with Gasteiger partial charge in [-0.15, -0.1) is 0 Å². The van der Waals surface area contributed by atoms with Crippen LogP contribution in [0.2, 0.25) is 0 Å². The topological polar surface area (TPSA) is 102 Å². The Kier molecular flexibility index (Phi) is 5.27. The molecule has 4 rings (SSSR count). The first-order chi connectivity index (χ1) is 14.5. The van der Waals surface area contributed by atoms with E-state index in [-0.39, 0.29) is 29.8 Å². The van der Waals surface area contributed by atoms with Crippen LogP contribution in [0.4, 0.5) is 5.69 Å². The van der Waals surface area contributed by atoms with Crippen molar-refractivity contribution in [3.05, 3.63) is 71.3 Å². The SMILES string of the molecule is CCOC(=O)c1ccccc1OC(=O)c1ccc2c(c1)[C@H]1C=CC[C@@H]1[C@H](C(=O)O)N2. The number of para-hydroxylation sites is 1. The van der Waals surface area contributed by atoms with Crippen LogP contribution in [0.5, 0.6) is 5.75 Å². The van der Waals surface area contributed by atoms with E-state index in [1.165, 1.54) is 12.1 Å². The highest BCUT2D eigenvalue weighted by atomic mass is 16.5. The smallest absolute Gasteiger partial charge is 0.343 e. The summed E-state index contributed by atoms with van der Waals surface area (Å²) in [5.41, 5.74) is 2.05. The highest BCUT2D eigenvalue weighted by molar-refractivity contribution is 5.96. The van der Waals surface area contributed by atoms with Crippen LogP contribution in [0, 0.1) is 5.92 Å². The molecule has 0 unspecified atom stereocenters. The van der Waals surface area contributed by atoms with E-state index >= 15 is 0 Å². The van der Waals surface area contributed by atoms with Gasteiger partial charge in [-0.3, -0.25) is 0 Å². The van der Waals surface area contributed by atoms with Crippen molar-refractivity contribution < 1.29 is 29.0 Å². The van der Waals surface area contributed by atoms with Gasteiger partial charge in [0, 0.05) is 17.5 Å². The third-order valence-corrected chi connectivity index (χ3v) is 5.45. The van der Waals surface area contributed by atoms with Gasteiger partial charge in [-0.25, -0.2) is 14.4 Å². The maximum atomic E-state index is 12.8. The molecule has 1 heterocycles. The molecule has 2 aliphatic rings. The number of nitrogens with one attached hydrogen (secondary N) is 1. The Hall–Kier alpha value is -3.61. The molecule has 1 aliphatic carbocycles. The van der Waals surface area contributed by atoms with Crippen molar-refractivity contribution >= 4 is 23.6 Å². The Morgan fingerprint density at radius 2 is 1.93 bits per heavy atom. The highest BCUT2D eigenvalue weighted by Gasteiger charge is 2.41. The Morgan fingerprint density at radius 3 is 2.70 bits per heavy atom. The van der Waals surface area contributed by atoms with Crippen molar-refractivity contribution in [1.29, 1.82) is 0 Å². The number of hydrogen-bond donors (Lipinski definition) is 2. The first kappa shape index (κ1) is 19.7. The van der Waals surface area contributed by atoms with Crippen LogP contribution in [0.15, 0.2) is 54.6 Å². The van der Waals surface area contributed by atoms with Gasteiger partial charge in [0.25, 0.3) is 0 Å². The summed E-state index contributed by atoms with van der Waals surface area (Å²) >= 11 is 0. The number of anilines is 1. The van der Waals surface area contributed by atoms with Gasteiger partial charge in [0.05, 0.1) is 12.2 Å². The molecule has 2 N–H and O–H groups in total. The van der Waals surface area contributed by atoms with Crippen LogP contribution in [0.25, 0.3) is 0 Å². The minimum atomic E-state index is -0.890. The van der Waals surface area contributed by atoms with Crippen molar-refractivity contribution in [2.24, 2.45) is 5.92 Å². The monoisotopic (exact) mass is 407 g/mol. The molecule has 154 valence electrons. The van der Waals surface area contributed by atoms with Crippen LogP contribution >= 0.6 is 0 Å². The number of carbonyl (C=O) groups excluding carboxylic acids is 2. The van der Waals surface area contributed by atoms with Gasteiger partial charge in [0.2, 0.25) is 0 Å². The molecule has 7 heteroatoms. The minimum Gasteiger partial charge on any atom is -0.480 e. The van der Waals surface area contributed by atoms with Crippen molar-refractivity contribution in [1.82, 2.24) is 0 Å². The molecule has 2 aromatic rings. The molecular weight excluding hydrogens is 386 g/mol. The number of rotatable bonds is 5. The summed E-state index contributed by atoms with van der Waals surface area (Å²) in [7, 11) is 0. The van der Waals surface area contributed by atoms with E-state index in [4.69, 9.17) is 9.47 Å². The summed E-state index contributed by atoms with van der Waals surface area (Å²) in [6.07, 6.45) is 4.63. The molecule has 0 bridgehead atoms. The maximum Gasteiger partial charge on any atom is 0.343 e. The lowest BCUT2D eigenvalue weighted by molar-refractivity contribution is -0.139. The summed E-state index contributed by atoms with van der Waals surface area (Å²) in [5, 5.41) is 12.6. The largest absolute Gasteiger partial charge is 0.480 e. The molecule has 30 heavy (non-hydrogen) atoms. The highest BCUT2D eigenvalue weighted by Crippen LogP contribution is 2.44. The molecule has 0 radical (unpaired) electrons. The number of fused-ring (bicyclic) bond motifs is 3. The second-order valence-corrected chi connectivity index (χ2v) is 7.22. The van der Waals surface area contributed by atoms with E-state index in [0.717, 1.165) is 5.56 Å². The van der Waals surface area contributed by atoms with Crippen LogP contribution in [-0.2, 0) is 9.53 Å². The second kappa shape index (κ2) is 8.02. The zero-order valence-corrected chi connectivity index (χ0v) is 16.3. The van der Waals surface area contributed by atoms with Crippen molar-refractivity contribution in [2.45, 2.75) is 25.3 Å². The number of esters is 2. The van der Waals surface area contributed by atoms with Gasteiger partial charge in [-0.05, 0) is 49.2 Å². The molecule has 0 saturated heterocycles. The maximum absolute atomic E-state index is 12.8. The molecular formula is C23H21NO6. The molecule has 0 amide bonds. The van der Waals surface area contributed by atoms with Crippen LogP contribution in [0.3, 0.4) is 0 Å².